The van der Waals surface area contributed by atoms with Gasteiger partial charge in [0.25, 0.3) is 5.91 Å². The molecular weight excluding hydrogens is 258 g/mol. The smallest absolute Gasteiger partial charge is 0.291 e. The van der Waals surface area contributed by atoms with Crippen LogP contribution in [0, 0.1) is 5.92 Å². The van der Waals surface area contributed by atoms with Crippen molar-refractivity contribution in [1.82, 2.24) is 14.8 Å². The Hall–Kier alpha value is -1.40. The van der Waals surface area contributed by atoms with E-state index in [1.807, 2.05) is 4.90 Å². The third-order valence-electron chi connectivity index (χ3n) is 4.54. The van der Waals surface area contributed by atoms with E-state index in [0.29, 0.717) is 18.3 Å². The largest absolute Gasteiger partial charge is 0.438 e. The number of likely N-dealkylation sites (tertiary alicyclic amines) is 1. The topological polar surface area (TPSA) is 58.8 Å². The molecular formula is C14H19N3O3. The van der Waals surface area contributed by atoms with Crippen LogP contribution in [0.3, 0.4) is 0 Å². The van der Waals surface area contributed by atoms with Crippen molar-refractivity contribution in [3.05, 3.63) is 18.4 Å². The summed E-state index contributed by atoms with van der Waals surface area (Å²) in [7, 11) is 0. The van der Waals surface area contributed by atoms with Crippen molar-refractivity contribution >= 4 is 5.91 Å². The number of amides is 1. The molecule has 1 aromatic heterocycles. The molecule has 2 atom stereocenters. The van der Waals surface area contributed by atoms with Gasteiger partial charge in [0.05, 0.1) is 24.9 Å². The van der Waals surface area contributed by atoms with Gasteiger partial charge in [-0.1, -0.05) is 0 Å². The van der Waals surface area contributed by atoms with Crippen molar-refractivity contribution in [3.8, 4) is 0 Å². The first-order valence-electron chi connectivity index (χ1n) is 7.34. The fraction of sp³-hybridized carbons (Fsp3) is 0.714. The minimum Gasteiger partial charge on any atom is -0.438 e. The maximum atomic E-state index is 12.3. The van der Waals surface area contributed by atoms with Crippen molar-refractivity contribution < 1.29 is 13.9 Å². The van der Waals surface area contributed by atoms with E-state index in [9.17, 15) is 4.79 Å². The van der Waals surface area contributed by atoms with E-state index in [0.717, 1.165) is 32.2 Å². The number of carbonyl (C=O) groups is 1. The van der Waals surface area contributed by atoms with E-state index in [1.54, 1.807) is 0 Å². The van der Waals surface area contributed by atoms with Crippen LogP contribution in [-0.4, -0.2) is 65.6 Å². The number of rotatable bonds is 3. The minimum absolute atomic E-state index is 0.0770. The van der Waals surface area contributed by atoms with Gasteiger partial charge in [0.1, 0.15) is 0 Å². The molecule has 3 aliphatic rings. The van der Waals surface area contributed by atoms with Crippen LogP contribution in [0.4, 0.5) is 0 Å². The number of oxazole rings is 1. The van der Waals surface area contributed by atoms with Gasteiger partial charge in [0.15, 0.2) is 6.39 Å². The minimum atomic E-state index is -0.0770. The van der Waals surface area contributed by atoms with Crippen LogP contribution >= 0.6 is 0 Å². The van der Waals surface area contributed by atoms with Crippen LogP contribution < -0.4 is 0 Å². The summed E-state index contributed by atoms with van der Waals surface area (Å²) in [6, 6.07) is 0.344. The summed E-state index contributed by atoms with van der Waals surface area (Å²) in [5.41, 5.74) is 0. The van der Waals surface area contributed by atoms with E-state index in [4.69, 9.17) is 9.15 Å². The summed E-state index contributed by atoms with van der Waals surface area (Å²) in [5.74, 6) is 1.11. The van der Waals surface area contributed by atoms with E-state index < -0.39 is 0 Å². The fourth-order valence-electron chi connectivity index (χ4n) is 3.26. The van der Waals surface area contributed by atoms with Gasteiger partial charge in [-0.05, 0) is 18.8 Å². The maximum absolute atomic E-state index is 12.3. The van der Waals surface area contributed by atoms with Crippen molar-refractivity contribution in [3.63, 3.8) is 0 Å². The van der Waals surface area contributed by atoms with Gasteiger partial charge in [0.2, 0.25) is 5.76 Å². The molecule has 6 heteroatoms. The van der Waals surface area contributed by atoms with Crippen LogP contribution in [0.15, 0.2) is 17.0 Å². The zero-order valence-electron chi connectivity index (χ0n) is 11.4. The Labute approximate surface area is 117 Å². The molecule has 108 valence electrons. The Morgan fingerprint density at radius 3 is 3.05 bits per heavy atom. The second-order valence-corrected chi connectivity index (χ2v) is 5.99. The lowest BCUT2D eigenvalue weighted by molar-refractivity contribution is -0.0484. The first-order valence-corrected chi connectivity index (χ1v) is 7.34. The molecule has 3 fully saturated rings. The van der Waals surface area contributed by atoms with Crippen molar-refractivity contribution in [2.24, 2.45) is 5.92 Å². The zero-order valence-corrected chi connectivity index (χ0v) is 11.4. The average Bonchev–Trinajstić information content (AvgIpc) is 2.97. The van der Waals surface area contributed by atoms with Crippen molar-refractivity contribution in [2.45, 2.75) is 25.0 Å². The predicted octanol–water partition coefficient (Wildman–Crippen LogP) is 0.610. The first-order chi connectivity index (χ1) is 9.81. The molecule has 0 N–H and O–H groups in total. The van der Waals surface area contributed by atoms with Crippen LogP contribution in [0.25, 0.3) is 0 Å². The molecule has 0 radical (unpaired) electrons. The quantitative estimate of drug-likeness (QED) is 0.810. The van der Waals surface area contributed by atoms with E-state index >= 15 is 0 Å². The molecule has 6 nitrogen and oxygen atoms in total. The predicted molar refractivity (Wildman–Crippen MR) is 70.2 cm³/mol. The lowest BCUT2D eigenvalue weighted by Gasteiger charge is -2.36. The Balaban J connectivity index is 1.45. The summed E-state index contributed by atoms with van der Waals surface area (Å²) >= 11 is 0. The molecule has 1 saturated carbocycles. The molecule has 20 heavy (non-hydrogen) atoms. The molecule has 1 aliphatic carbocycles. The zero-order chi connectivity index (χ0) is 13.5. The Kier molecular flexibility index (Phi) is 3.00. The third kappa shape index (κ3) is 2.23. The Morgan fingerprint density at radius 1 is 1.40 bits per heavy atom. The molecule has 0 unspecified atom stereocenters. The number of aromatic nitrogens is 1. The Morgan fingerprint density at radius 2 is 2.30 bits per heavy atom. The molecule has 0 aromatic carbocycles. The SMILES string of the molecule is O=C(c1cnco1)N1C[C@@H]2OCCN(CC3CC3)[C@H]2C1. The number of morpholine rings is 1. The number of nitrogens with zero attached hydrogens (tertiary/aromatic N) is 3. The number of hydrogen-bond donors (Lipinski definition) is 0. The van der Waals surface area contributed by atoms with Gasteiger partial charge >= 0.3 is 0 Å². The number of carbonyl (C=O) groups excluding carboxylic acids is 1. The average molecular weight is 277 g/mol. The monoisotopic (exact) mass is 277 g/mol. The third-order valence-corrected chi connectivity index (χ3v) is 4.54. The second kappa shape index (κ2) is 4.86. The Bertz CT molecular complexity index is 486. The molecule has 0 spiro atoms. The van der Waals surface area contributed by atoms with Gasteiger partial charge in [-0.3, -0.25) is 9.69 Å². The van der Waals surface area contributed by atoms with E-state index in [1.165, 1.54) is 25.4 Å². The van der Waals surface area contributed by atoms with Crippen LogP contribution in [-0.2, 0) is 4.74 Å². The standard InChI is InChI=1S/C14H19N3O3/c18-14(12-5-15-9-20-12)17-7-11-13(8-17)19-4-3-16(11)6-10-1-2-10/h5,9-11,13H,1-4,6-8H2/t11-,13-/m0/s1. The second-order valence-electron chi connectivity index (χ2n) is 5.99. The summed E-state index contributed by atoms with van der Waals surface area (Å²) < 4.78 is 11.0. The molecule has 2 saturated heterocycles. The van der Waals surface area contributed by atoms with Gasteiger partial charge in [0, 0.05) is 26.2 Å². The molecule has 3 heterocycles. The molecule has 2 aliphatic heterocycles. The molecule has 1 amide bonds. The summed E-state index contributed by atoms with van der Waals surface area (Å²) in [6.07, 6.45) is 5.64. The summed E-state index contributed by atoms with van der Waals surface area (Å²) in [4.78, 5) is 20.5. The van der Waals surface area contributed by atoms with Crippen LogP contribution in [0.5, 0.6) is 0 Å². The molecule has 1 aromatic rings. The van der Waals surface area contributed by atoms with Crippen LogP contribution in [0.2, 0.25) is 0 Å². The fourth-order valence-corrected chi connectivity index (χ4v) is 3.26. The normalized spacial score (nSPS) is 30.5. The highest BCUT2D eigenvalue weighted by Crippen LogP contribution is 2.33. The van der Waals surface area contributed by atoms with Gasteiger partial charge in [-0.15, -0.1) is 0 Å². The lowest BCUT2D eigenvalue weighted by Crippen LogP contribution is -2.51. The highest BCUT2D eigenvalue weighted by Gasteiger charge is 2.43. The molecule has 0 bridgehead atoms. The van der Waals surface area contributed by atoms with Crippen molar-refractivity contribution in [1.29, 1.82) is 0 Å². The summed E-state index contributed by atoms with van der Waals surface area (Å²) in [6.45, 7) is 4.32. The first kappa shape index (κ1) is 12.3. The van der Waals surface area contributed by atoms with Gasteiger partial charge in [-0.2, -0.15) is 0 Å². The van der Waals surface area contributed by atoms with E-state index in [2.05, 4.69) is 9.88 Å². The van der Waals surface area contributed by atoms with Crippen molar-refractivity contribution in [2.75, 3.05) is 32.8 Å². The highest BCUT2D eigenvalue weighted by atomic mass is 16.5. The van der Waals surface area contributed by atoms with E-state index in [-0.39, 0.29) is 12.0 Å². The number of hydrogen-bond acceptors (Lipinski definition) is 5. The van der Waals surface area contributed by atoms with Crippen LogP contribution in [0.1, 0.15) is 23.4 Å². The maximum Gasteiger partial charge on any atom is 0.291 e. The number of fused-ring (bicyclic) bond motifs is 1. The summed E-state index contributed by atoms with van der Waals surface area (Å²) in [5, 5.41) is 0. The lowest BCUT2D eigenvalue weighted by atomic mass is 10.1. The molecule has 4 rings (SSSR count). The number of ether oxygens (including phenoxy) is 1. The highest BCUT2D eigenvalue weighted by molar-refractivity contribution is 5.91. The van der Waals surface area contributed by atoms with Gasteiger partial charge in [-0.25, -0.2) is 4.98 Å². The van der Waals surface area contributed by atoms with Gasteiger partial charge < -0.3 is 14.1 Å².